The molecule has 0 heterocycles. The first kappa shape index (κ1) is 21.6. The van der Waals surface area contributed by atoms with Gasteiger partial charge in [0.05, 0.1) is 6.54 Å². The van der Waals surface area contributed by atoms with Crippen LogP contribution in [0.25, 0.3) is 0 Å². The highest BCUT2D eigenvalue weighted by Gasteiger charge is 2.34. The number of hydrogen-bond acceptors (Lipinski definition) is 4. The van der Waals surface area contributed by atoms with Crippen molar-refractivity contribution in [1.82, 2.24) is 10.2 Å². The third-order valence-electron chi connectivity index (χ3n) is 4.58. The molecule has 3 N–H and O–H groups in total. The molecule has 27 heavy (non-hydrogen) atoms. The largest absolute Gasteiger partial charge is 0.480 e. The molecule has 1 aromatic carbocycles. The number of nitrogens with one attached hydrogen (secondary N) is 2. The highest BCUT2D eigenvalue weighted by molar-refractivity contribution is 8.00. The molecule has 2 amide bonds. The third-order valence-corrected chi connectivity index (χ3v) is 5.68. The first-order valence-corrected chi connectivity index (χ1v) is 10.2. The smallest absolute Gasteiger partial charge is 0.319 e. The highest BCUT2D eigenvalue weighted by atomic mass is 32.2. The summed E-state index contributed by atoms with van der Waals surface area (Å²) in [5.41, 5.74) is 1.84. The molecule has 1 saturated carbocycles. The van der Waals surface area contributed by atoms with Crippen molar-refractivity contribution in [3.05, 3.63) is 23.8 Å². The fourth-order valence-electron chi connectivity index (χ4n) is 3.21. The minimum absolute atomic E-state index is 0.0538. The van der Waals surface area contributed by atoms with Gasteiger partial charge in [0.15, 0.2) is 0 Å². The lowest BCUT2D eigenvalue weighted by atomic mass is 9.85. The van der Waals surface area contributed by atoms with Crippen LogP contribution >= 0.6 is 11.8 Å². The van der Waals surface area contributed by atoms with Crippen molar-refractivity contribution in [2.24, 2.45) is 0 Å². The Labute approximate surface area is 166 Å². The predicted octanol–water partition coefficient (Wildman–Crippen LogP) is 3.94. The van der Waals surface area contributed by atoms with E-state index < -0.39 is 5.97 Å². The van der Waals surface area contributed by atoms with E-state index in [2.05, 4.69) is 37.5 Å². The van der Waals surface area contributed by atoms with Gasteiger partial charge >= 0.3 is 12.0 Å². The number of anilines is 1. The molecular weight excluding hydrogens is 362 g/mol. The molecule has 0 spiro atoms. The minimum Gasteiger partial charge on any atom is -0.480 e. The summed E-state index contributed by atoms with van der Waals surface area (Å²) in [6, 6.07) is 6.18. The van der Waals surface area contributed by atoms with Crippen LogP contribution in [0.4, 0.5) is 10.5 Å². The van der Waals surface area contributed by atoms with Crippen molar-refractivity contribution >= 4 is 29.4 Å². The number of hydrogen-bond donors (Lipinski definition) is 3. The molecule has 1 aliphatic rings. The van der Waals surface area contributed by atoms with E-state index in [1.807, 2.05) is 30.9 Å². The summed E-state index contributed by atoms with van der Waals surface area (Å²) in [5.74, 6) is -0.811. The number of carbonyl (C=O) groups excluding carboxylic acids is 1. The molecule has 6 nitrogen and oxygen atoms in total. The predicted molar refractivity (Wildman–Crippen MR) is 111 cm³/mol. The van der Waals surface area contributed by atoms with Crippen molar-refractivity contribution in [2.45, 2.75) is 69.2 Å². The van der Waals surface area contributed by atoms with Crippen LogP contribution in [0.15, 0.2) is 23.1 Å². The second-order valence-electron chi connectivity index (χ2n) is 8.07. The molecule has 0 atom stereocenters. The number of carboxylic acid groups (broad SMARTS) is 1. The van der Waals surface area contributed by atoms with E-state index >= 15 is 0 Å². The number of likely N-dealkylation sites (N-methyl/N-ethyl adjacent to an activating group) is 1. The molecule has 0 radical (unpaired) electrons. The van der Waals surface area contributed by atoms with Gasteiger partial charge in [0.1, 0.15) is 0 Å². The SMILES string of the molecule is CCN(CC(=O)O)C1CC(NC(=O)Nc2ccc(SC(C)(C)C)cc2C)C1. The van der Waals surface area contributed by atoms with Crippen LogP contribution in [0.3, 0.4) is 0 Å². The van der Waals surface area contributed by atoms with E-state index in [1.54, 1.807) is 11.8 Å². The first-order chi connectivity index (χ1) is 12.6. The molecule has 1 aliphatic carbocycles. The van der Waals surface area contributed by atoms with Gasteiger partial charge in [0, 0.05) is 27.4 Å². The number of aryl methyl sites for hydroxylation is 1. The van der Waals surface area contributed by atoms with Gasteiger partial charge in [-0.15, -0.1) is 11.8 Å². The van der Waals surface area contributed by atoms with Crippen LogP contribution in [-0.4, -0.2) is 51.9 Å². The number of carboxylic acids is 1. The monoisotopic (exact) mass is 393 g/mol. The zero-order valence-electron chi connectivity index (χ0n) is 16.8. The van der Waals surface area contributed by atoms with Crippen LogP contribution in [0.5, 0.6) is 0 Å². The number of aliphatic carboxylic acids is 1. The maximum absolute atomic E-state index is 12.3. The molecule has 7 heteroatoms. The highest BCUT2D eigenvalue weighted by Crippen LogP contribution is 2.33. The zero-order chi connectivity index (χ0) is 20.2. The van der Waals surface area contributed by atoms with Gasteiger partial charge in [-0.25, -0.2) is 4.79 Å². The van der Waals surface area contributed by atoms with Crippen molar-refractivity contribution in [1.29, 1.82) is 0 Å². The second kappa shape index (κ2) is 8.97. The lowest BCUT2D eigenvalue weighted by Crippen LogP contribution is -2.55. The van der Waals surface area contributed by atoms with E-state index in [0.717, 1.165) is 24.1 Å². The Morgan fingerprint density at radius 2 is 1.96 bits per heavy atom. The van der Waals surface area contributed by atoms with Crippen LogP contribution in [0.2, 0.25) is 0 Å². The fraction of sp³-hybridized carbons (Fsp3) is 0.600. The van der Waals surface area contributed by atoms with Crippen LogP contribution in [0, 0.1) is 6.92 Å². The molecule has 1 fully saturated rings. The summed E-state index contributed by atoms with van der Waals surface area (Å²) < 4.78 is 0.145. The minimum atomic E-state index is -0.811. The Balaban J connectivity index is 1.82. The Hall–Kier alpha value is -1.73. The van der Waals surface area contributed by atoms with E-state index in [4.69, 9.17) is 5.11 Å². The average Bonchev–Trinajstić information content (AvgIpc) is 2.49. The van der Waals surface area contributed by atoms with Crippen LogP contribution in [-0.2, 0) is 4.79 Å². The van der Waals surface area contributed by atoms with Crippen molar-refractivity contribution in [3.63, 3.8) is 0 Å². The molecule has 2 rings (SSSR count). The van der Waals surface area contributed by atoms with Crippen LogP contribution < -0.4 is 10.6 Å². The van der Waals surface area contributed by atoms with Gasteiger partial charge in [0.2, 0.25) is 0 Å². The number of nitrogens with zero attached hydrogens (tertiary/aromatic N) is 1. The number of rotatable bonds is 7. The molecule has 0 aromatic heterocycles. The Bertz CT molecular complexity index is 682. The Kier molecular flexibility index (Phi) is 7.17. The third kappa shape index (κ3) is 6.74. The number of amides is 2. The summed E-state index contributed by atoms with van der Waals surface area (Å²) in [6.07, 6.45) is 1.57. The lowest BCUT2D eigenvalue weighted by molar-refractivity contribution is -0.139. The van der Waals surface area contributed by atoms with Gasteiger partial charge in [-0.3, -0.25) is 9.69 Å². The summed E-state index contributed by atoms with van der Waals surface area (Å²) in [5, 5.41) is 14.8. The lowest BCUT2D eigenvalue weighted by Gasteiger charge is -2.42. The van der Waals surface area contributed by atoms with E-state index in [0.29, 0.717) is 6.54 Å². The summed E-state index contributed by atoms with van der Waals surface area (Å²) in [7, 11) is 0. The van der Waals surface area contributed by atoms with Gasteiger partial charge in [-0.1, -0.05) is 27.7 Å². The first-order valence-electron chi connectivity index (χ1n) is 9.40. The molecule has 0 bridgehead atoms. The van der Waals surface area contributed by atoms with Crippen LogP contribution in [0.1, 0.15) is 46.1 Å². The van der Waals surface area contributed by atoms with E-state index in [-0.39, 0.29) is 29.4 Å². The molecule has 0 aliphatic heterocycles. The Morgan fingerprint density at radius 1 is 1.30 bits per heavy atom. The normalized spacial score (nSPS) is 19.5. The summed E-state index contributed by atoms with van der Waals surface area (Å²) >= 11 is 1.80. The van der Waals surface area contributed by atoms with Crippen molar-refractivity contribution in [2.75, 3.05) is 18.4 Å². The van der Waals surface area contributed by atoms with Gasteiger partial charge in [0.25, 0.3) is 0 Å². The van der Waals surface area contributed by atoms with E-state index in [9.17, 15) is 9.59 Å². The van der Waals surface area contributed by atoms with E-state index in [1.165, 1.54) is 4.90 Å². The molecule has 150 valence electrons. The van der Waals surface area contributed by atoms with Crippen molar-refractivity contribution in [3.8, 4) is 0 Å². The van der Waals surface area contributed by atoms with Gasteiger partial charge in [-0.05, 0) is 50.1 Å². The number of benzene rings is 1. The second-order valence-corrected chi connectivity index (χ2v) is 9.97. The number of urea groups is 1. The maximum atomic E-state index is 12.3. The molecule has 1 aromatic rings. The average molecular weight is 394 g/mol. The zero-order valence-corrected chi connectivity index (χ0v) is 17.7. The van der Waals surface area contributed by atoms with Gasteiger partial charge in [-0.2, -0.15) is 0 Å². The summed E-state index contributed by atoms with van der Waals surface area (Å²) in [4.78, 5) is 26.3. The molecule has 0 saturated heterocycles. The molecular formula is C20H31N3O3S. The molecule has 0 unspecified atom stereocenters. The summed E-state index contributed by atoms with van der Waals surface area (Å²) in [6.45, 7) is 11.2. The standard InChI is InChI=1S/C20H31N3O3S/c1-6-23(12-18(24)25)15-10-14(11-15)21-19(26)22-17-8-7-16(9-13(17)2)27-20(3,4)5/h7-9,14-15H,6,10-12H2,1-5H3,(H,24,25)(H2,21,22,26). The quantitative estimate of drug-likeness (QED) is 0.611. The number of carbonyl (C=O) groups is 2. The maximum Gasteiger partial charge on any atom is 0.319 e. The Morgan fingerprint density at radius 3 is 2.48 bits per heavy atom. The topological polar surface area (TPSA) is 81.7 Å². The number of thioether (sulfide) groups is 1. The fourth-order valence-corrected chi connectivity index (χ4v) is 4.29. The van der Waals surface area contributed by atoms with Crippen molar-refractivity contribution < 1.29 is 14.7 Å². The van der Waals surface area contributed by atoms with Gasteiger partial charge < -0.3 is 15.7 Å².